The van der Waals surface area contributed by atoms with Crippen molar-refractivity contribution in [2.45, 2.75) is 25.8 Å². The summed E-state index contributed by atoms with van der Waals surface area (Å²) in [4.78, 5) is 4.58. The van der Waals surface area contributed by atoms with Gasteiger partial charge in [0, 0.05) is 17.3 Å². The Hall–Kier alpha value is -0.980. The van der Waals surface area contributed by atoms with Crippen LogP contribution in [-0.4, -0.2) is 73.9 Å². The van der Waals surface area contributed by atoms with Crippen molar-refractivity contribution in [2.75, 3.05) is 64.4 Å². The SMILES string of the molecule is C#CCOCCOCCOCCOCCSCCCn1c(CCl)nc(=C/C(=C)Cl)/c1=C\C. The van der Waals surface area contributed by atoms with E-state index in [1.807, 2.05) is 24.8 Å². The van der Waals surface area contributed by atoms with E-state index in [-0.39, 0.29) is 0 Å². The van der Waals surface area contributed by atoms with Crippen molar-refractivity contribution in [2.24, 2.45) is 0 Å². The van der Waals surface area contributed by atoms with Crippen molar-refractivity contribution >= 4 is 47.1 Å². The van der Waals surface area contributed by atoms with Gasteiger partial charge in [-0.1, -0.05) is 30.2 Å². The van der Waals surface area contributed by atoms with Crippen molar-refractivity contribution in [3.63, 3.8) is 0 Å². The fraction of sp³-hybridized carbons (Fsp3) is 0.609. The second kappa shape index (κ2) is 19.5. The lowest BCUT2D eigenvalue weighted by atomic mass is 10.4. The van der Waals surface area contributed by atoms with E-state index in [0.717, 1.165) is 41.0 Å². The van der Waals surface area contributed by atoms with Gasteiger partial charge in [0.15, 0.2) is 0 Å². The smallest absolute Gasteiger partial charge is 0.124 e. The number of rotatable bonds is 19. The fourth-order valence-corrected chi connectivity index (χ4v) is 3.86. The molecule has 0 aliphatic heterocycles. The largest absolute Gasteiger partial charge is 0.378 e. The van der Waals surface area contributed by atoms with Crippen LogP contribution in [0.1, 0.15) is 19.2 Å². The van der Waals surface area contributed by atoms with Gasteiger partial charge in [-0.3, -0.25) is 0 Å². The molecule has 1 rings (SSSR count). The van der Waals surface area contributed by atoms with Crippen LogP contribution in [0, 0.1) is 12.3 Å². The molecule has 1 aromatic rings. The lowest BCUT2D eigenvalue weighted by molar-refractivity contribution is 0.00311. The molecule has 9 heteroatoms. The molecule has 6 nitrogen and oxygen atoms in total. The van der Waals surface area contributed by atoms with Gasteiger partial charge in [0.25, 0.3) is 0 Å². The number of hydrogen-bond acceptors (Lipinski definition) is 6. The zero-order chi connectivity index (χ0) is 23.4. The fourth-order valence-electron chi connectivity index (χ4n) is 2.78. The van der Waals surface area contributed by atoms with Crippen LogP contribution < -0.4 is 10.7 Å². The highest BCUT2D eigenvalue weighted by atomic mass is 35.5. The maximum atomic E-state index is 6.08. The molecular formula is C23H34Cl2N2O4S. The molecule has 0 atom stereocenters. The van der Waals surface area contributed by atoms with E-state index in [0.29, 0.717) is 63.8 Å². The first-order valence-corrected chi connectivity index (χ1v) is 12.7. The molecule has 32 heavy (non-hydrogen) atoms. The van der Waals surface area contributed by atoms with Crippen molar-refractivity contribution in [1.29, 1.82) is 0 Å². The lowest BCUT2D eigenvalue weighted by Crippen LogP contribution is -2.30. The summed E-state index contributed by atoms with van der Waals surface area (Å²) in [5, 5.41) is 2.29. The maximum absolute atomic E-state index is 6.08. The van der Waals surface area contributed by atoms with Gasteiger partial charge in [0.05, 0.1) is 62.8 Å². The average Bonchev–Trinajstić information content (AvgIpc) is 3.11. The van der Waals surface area contributed by atoms with Crippen molar-refractivity contribution < 1.29 is 18.9 Å². The molecule has 0 fully saturated rings. The summed E-state index contributed by atoms with van der Waals surface area (Å²) in [7, 11) is 0. The molecule has 0 amide bonds. The molecule has 1 aromatic heterocycles. The highest BCUT2D eigenvalue weighted by Gasteiger charge is 2.06. The Bertz CT molecular complexity index is 808. The zero-order valence-electron chi connectivity index (χ0n) is 18.8. The van der Waals surface area contributed by atoms with Gasteiger partial charge in [-0.25, -0.2) is 4.98 Å². The summed E-state index contributed by atoms with van der Waals surface area (Å²) >= 11 is 13.9. The van der Waals surface area contributed by atoms with E-state index in [4.69, 9.17) is 48.6 Å². The Morgan fingerprint density at radius 3 is 2.28 bits per heavy atom. The predicted molar refractivity (Wildman–Crippen MR) is 135 cm³/mol. The van der Waals surface area contributed by atoms with Crippen LogP contribution in [0.3, 0.4) is 0 Å². The third-order valence-electron chi connectivity index (χ3n) is 4.14. The summed E-state index contributed by atoms with van der Waals surface area (Å²) in [6.45, 7) is 10.8. The first kappa shape index (κ1) is 29.1. The number of halogens is 2. The second-order valence-corrected chi connectivity index (χ2v) is 8.50. The number of ether oxygens (including phenoxy) is 4. The second-order valence-electron chi connectivity index (χ2n) is 6.52. The van der Waals surface area contributed by atoms with Crippen LogP contribution >= 0.6 is 35.0 Å². The summed E-state index contributed by atoms with van der Waals surface area (Å²) in [6, 6.07) is 0. The zero-order valence-corrected chi connectivity index (χ0v) is 21.2. The minimum atomic E-state index is 0.319. The first-order valence-electron chi connectivity index (χ1n) is 10.6. The Labute approximate surface area is 205 Å². The molecule has 0 bridgehead atoms. The standard InChI is InChI=1S/C23H34Cl2N2O4S/c1-4-8-28-9-10-29-11-12-30-13-14-31-15-17-32-16-6-7-27-22(5-2)21(18-20(3)25)26-23(27)19-24/h1,5,18H,3,6-17,19H2,2H3/b21-18+,22-5+. The molecule has 0 radical (unpaired) electrons. The van der Waals surface area contributed by atoms with Gasteiger partial charge in [-0.2, -0.15) is 11.8 Å². The van der Waals surface area contributed by atoms with Crippen molar-refractivity contribution in [3.8, 4) is 12.3 Å². The molecule has 0 unspecified atom stereocenters. The molecule has 0 N–H and O–H groups in total. The van der Waals surface area contributed by atoms with E-state index in [2.05, 4.69) is 22.1 Å². The number of aromatic nitrogens is 2. The third-order valence-corrected chi connectivity index (χ3v) is 5.53. The van der Waals surface area contributed by atoms with Gasteiger partial charge in [-0.15, -0.1) is 18.0 Å². The van der Waals surface area contributed by atoms with E-state index >= 15 is 0 Å². The Kier molecular flexibility index (Phi) is 17.7. The number of imidazole rings is 1. The number of allylic oxidation sites excluding steroid dienone is 1. The molecule has 0 saturated heterocycles. The van der Waals surface area contributed by atoms with E-state index in [1.54, 1.807) is 6.08 Å². The van der Waals surface area contributed by atoms with Crippen LogP contribution in [0.4, 0.5) is 0 Å². The van der Waals surface area contributed by atoms with Crippen molar-refractivity contribution in [1.82, 2.24) is 9.55 Å². The third kappa shape index (κ3) is 12.9. The van der Waals surface area contributed by atoms with E-state index < -0.39 is 0 Å². The van der Waals surface area contributed by atoms with Gasteiger partial charge < -0.3 is 23.5 Å². The Balaban J connectivity index is 2.07. The molecule has 0 spiro atoms. The Morgan fingerprint density at radius 1 is 1.09 bits per heavy atom. The summed E-state index contributed by atoms with van der Waals surface area (Å²) in [5.74, 6) is 5.60. The molecule has 0 aliphatic rings. The van der Waals surface area contributed by atoms with Crippen LogP contribution in [-0.2, 0) is 31.4 Å². The number of terminal acetylenes is 1. The summed E-state index contributed by atoms with van der Waals surface area (Å²) in [6.07, 6.45) is 9.89. The quantitative estimate of drug-likeness (QED) is 0.164. The van der Waals surface area contributed by atoms with Crippen LogP contribution in [0.2, 0.25) is 0 Å². The molecule has 0 saturated carbocycles. The highest BCUT2D eigenvalue weighted by molar-refractivity contribution is 7.99. The first-order chi connectivity index (χ1) is 15.6. The van der Waals surface area contributed by atoms with E-state index in [1.165, 1.54) is 0 Å². The number of hydrogen-bond donors (Lipinski definition) is 0. The van der Waals surface area contributed by atoms with Crippen molar-refractivity contribution in [3.05, 3.63) is 28.1 Å². The highest BCUT2D eigenvalue weighted by Crippen LogP contribution is 2.05. The van der Waals surface area contributed by atoms with Crippen LogP contribution in [0.5, 0.6) is 0 Å². The average molecular weight is 506 g/mol. The van der Waals surface area contributed by atoms with Gasteiger partial charge in [-0.05, 0) is 25.2 Å². The molecule has 0 aromatic carbocycles. The van der Waals surface area contributed by atoms with Crippen LogP contribution in [0.25, 0.3) is 12.2 Å². The summed E-state index contributed by atoms with van der Waals surface area (Å²) < 4.78 is 23.7. The Morgan fingerprint density at radius 2 is 1.72 bits per heavy atom. The number of alkyl halides is 1. The number of thioether (sulfide) groups is 1. The maximum Gasteiger partial charge on any atom is 0.124 e. The molecule has 180 valence electrons. The van der Waals surface area contributed by atoms with E-state index in [9.17, 15) is 0 Å². The predicted octanol–water partition coefficient (Wildman–Crippen LogP) is 2.78. The summed E-state index contributed by atoms with van der Waals surface area (Å²) in [5.41, 5.74) is 0. The van der Waals surface area contributed by atoms with Gasteiger partial charge in [0.1, 0.15) is 12.4 Å². The van der Waals surface area contributed by atoms with Crippen LogP contribution in [0.15, 0.2) is 11.6 Å². The normalized spacial score (nSPS) is 12.4. The minimum absolute atomic E-state index is 0.319. The van der Waals surface area contributed by atoms with Gasteiger partial charge in [0.2, 0.25) is 0 Å². The molecule has 0 aliphatic carbocycles. The molecule has 1 heterocycles. The minimum Gasteiger partial charge on any atom is -0.378 e. The monoisotopic (exact) mass is 504 g/mol. The molecular weight excluding hydrogens is 471 g/mol. The van der Waals surface area contributed by atoms with Gasteiger partial charge >= 0.3 is 0 Å². The lowest BCUT2D eigenvalue weighted by Gasteiger charge is -2.08. The number of nitrogens with zero attached hydrogens (tertiary/aromatic N) is 2. The topological polar surface area (TPSA) is 54.7 Å².